The highest BCUT2D eigenvalue weighted by atomic mass is 19.1. The van der Waals surface area contributed by atoms with Gasteiger partial charge < -0.3 is 24.1 Å². The quantitative estimate of drug-likeness (QED) is 0.679. The van der Waals surface area contributed by atoms with Gasteiger partial charge in [0.15, 0.2) is 11.5 Å². The van der Waals surface area contributed by atoms with Gasteiger partial charge in [0.25, 0.3) is 0 Å². The number of likely N-dealkylation sites (tertiary alicyclic amines) is 1. The van der Waals surface area contributed by atoms with E-state index >= 15 is 0 Å². The Balaban J connectivity index is 2.20. The summed E-state index contributed by atoms with van der Waals surface area (Å²) < 4.78 is 36.3. The molecular weight excluding hydrogens is 405 g/mol. The smallest absolute Gasteiger partial charge is 0.307 e. The second-order valence-electron chi connectivity index (χ2n) is 7.42. The largest absolute Gasteiger partial charge is 0.496 e. The first-order chi connectivity index (χ1) is 14.9. The number of rotatable bonds is 8. The molecule has 8 heteroatoms. The Bertz CT molecular complexity index is 909. The molecule has 0 aromatic heterocycles. The molecule has 0 aliphatic carbocycles. The van der Waals surface area contributed by atoms with Crippen molar-refractivity contribution in [2.75, 3.05) is 41.5 Å². The highest BCUT2D eigenvalue weighted by Crippen LogP contribution is 2.44. The number of carbonyl (C=O) groups is 1. The molecule has 2 atom stereocenters. The van der Waals surface area contributed by atoms with Gasteiger partial charge in [-0.2, -0.15) is 0 Å². The summed E-state index contributed by atoms with van der Waals surface area (Å²) in [6.07, 6.45) is 1.32. The molecule has 168 valence electrons. The highest BCUT2D eigenvalue weighted by molar-refractivity contribution is 5.70. The van der Waals surface area contributed by atoms with Crippen LogP contribution in [-0.2, 0) is 4.79 Å². The fourth-order valence-corrected chi connectivity index (χ4v) is 4.21. The van der Waals surface area contributed by atoms with Crippen LogP contribution in [0.15, 0.2) is 30.3 Å². The number of carboxylic acid groups (broad SMARTS) is 1. The Labute approximate surface area is 181 Å². The van der Waals surface area contributed by atoms with Crippen LogP contribution in [0.25, 0.3) is 0 Å². The minimum absolute atomic E-state index is 0.330. The van der Waals surface area contributed by atoms with Crippen molar-refractivity contribution in [3.8, 4) is 23.0 Å². The number of halogens is 1. The van der Waals surface area contributed by atoms with Crippen LogP contribution in [0.4, 0.5) is 4.39 Å². The van der Waals surface area contributed by atoms with Crippen LogP contribution >= 0.6 is 0 Å². The lowest BCUT2D eigenvalue weighted by Gasteiger charge is -2.38. The summed E-state index contributed by atoms with van der Waals surface area (Å²) in [6, 6.07) is 7.49. The molecular formula is C23H28FNO6. The molecule has 1 heterocycles. The second kappa shape index (κ2) is 9.87. The number of carboxylic acids is 1. The summed E-state index contributed by atoms with van der Waals surface area (Å²) in [6.45, 7) is 0.987. The zero-order chi connectivity index (χ0) is 22.5. The van der Waals surface area contributed by atoms with E-state index in [1.165, 1.54) is 40.6 Å². The predicted octanol–water partition coefficient (Wildman–Crippen LogP) is 3.75. The number of aliphatic carboxylic acids is 1. The summed E-state index contributed by atoms with van der Waals surface area (Å²) in [7, 11) is 6.11. The standard InChI is InChI=1S/C23H28FNO6/c1-28-18-8-7-16(24)12-17(18)21(25-9-5-6-14(13-25)23(26)27)15-10-19(29-2)22(31-4)20(11-15)30-3/h7-8,10-12,14,21H,5-6,9,13H2,1-4H3,(H,26,27). The average molecular weight is 433 g/mol. The maximum absolute atomic E-state index is 14.3. The van der Waals surface area contributed by atoms with Gasteiger partial charge in [-0.15, -0.1) is 0 Å². The van der Waals surface area contributed by atoms with Crippen molar-refractivity contribution in [1.82, 2.24) is 4.90 Å². The third-order valence-corrected chi connectivity index (χ3v) is 5.66. The molecule has 0 radical (unpaired) electrons. The van der Waals surface area contributed by atoms with Crippen LogP contribution in [-0.4, -0.2) is 57.5 Å². The predicted molar refractivity (Wildman–Crippen MR) is 113 cm³/mol. The van der Waals surface area contributed by atoms with Gasteiger partial charge >= 0.3 is 5.97 Å². The normalized spacial score (nSPS) is 17.6. The molecule has 2 aromatic carbocycles. The Morgan fingerprint density at radius 3 is 2.23 bits per heavy atom. The molecule has 0 saturated carbocycles. The van der Waals surface area contributed by atoms with Crippen molar-refractivity contribution in [1.29, 1.82) is 0 Å². The van der Waals surface area contributed by atoms with Gasteiger partial charge in [-0.1, -0.05) is 0 Å². The topological polar surface area (TPSA) is 77.5 Å². The molecule has 1 saturated heterocycles. The zero-order valence-corrected chi connectivity index (χ0v) is 18.2. The number of ether oxygens (including phenoxy) is 4. The third kappa shape index (κ3) is 4.69. The van der Waals surface area contributed by atoms with E-state index in [9.17, 15) is 14.3 Å². The summed E-state index contributed by atoms with van der Waals surface area (Å²) >= 11 is 0. The van der Waals surface area contributed by atoms with Gasteiger partial charge in [0, 0.05) is 12.1 Å². The van der Waals surface area contributed by atoms with E-state index < -0.39 is 23.7 Å². The van der Waals surface area contributed by atoms with Gasteiger partial charge in [0.2, 0.25) is 5.75 Å². The van der Waals surface area contributed by atoms with Crippen molar-refractivity contribution < 1.29 is 33.2 Å². The van der Waals surface area contributed by atoms with E-state index in [0.717, 1.165) is 12.0 Å². The Morgan fingerprint density at radius 2 is 1.68 bits per heavy atom. The number of methoxy groups -OCH3 is 4. The van der Waals surface area contributed by atoms with E-state index in [-0.39, 0.29) is 0 Å². The molecule has 3 rings (SSSR count). The van der Waals surface area contributed by atoms with Crippen LogP contribution in [0.5, 0.6) is 23.0 Å². The number of hydrogen-bond acceptors (Lipinski definition) is 6. The number of benzene rings is 2. The minimum Gasteiger partial charge on any atom is -0.496 e. The fraction of sp³-hybridized carbons (Fsp3) is 0.435. The Morgan fingerprint density at radius 1 is 1.03 bits per heavy atom. The second-order valence-corrected chi connectivity index (χ2v) is 7.42. The number of hydrogen-bond donors (Lipinski definition) is 1. The molecule has 7 nitrogen and oxygen atoms in total. The fourth-order valence-electron chi connectivity index (χ4n) is 4.21. The van der Waals surface area contributed by atoms with Gasteiger partial charge in [-0.05, 0) is 55.3 Å². The third-order valence-electron chi connectivity index (χ3n) is 5.66. The summed E-state index contributed by atoms with van der Waals surface area (Å²) in [4.78, 5) is 13.7. The molecule has 1 fully saturated rings. The first-order valence-corrected chi connectivity index (χ1v) is 10.0. The molecule has 2 aromatic rings. The zero-order valence-electron chi connectivity index (χ0n) is 18.2. The molecule has 2 unspecified atom stereocenters. The maximum Gasteiger partial charge on any atom is 0.307 e. The lowest BCUT2D eigenvalue weighted by molar-refractivity contribution is -0.143. The summed E-state index contributed by atoms with van der Waals surface area (Å²) in [5.41, 5.74) is 1.35. The Hall–Kier alpha value is -3.00. The monoisotopic (exact) mass is 433 g/mol. The molecule has 1 aliphatic heterocycles. The highest BCUT2D eigenvalue weighted by Gasteiger charge is 2.34. The van der Waals surface area contributed by atoms with Crippen LogP contribution in [0.3, 0.4) is 0 Å². The molecule has 1 aliphatic rings. The summed E-state index contributed by atoms with van der Waals surface area (Å²) in [5, 5.41) is 9.59. The molecule has 0 amide bonds. The Kier molecular flexibility index (Phi) is 7.22. The van der Waals surface area contributed by atoms with Crippen molar-refractivity contribution in [2.45, 2.75) is 18.9 Å². The number of nitrogens with zero attached hydrogens (tertiary/aromatic N) is 1. The first kappa shape index (κ1) is 22.7. The van der Waals surface area contributed by atoms with E-state index in [0.29, 0.717) is 48.1 Å². The van der Waals surface area contributed by atoms with Crippen molar-refractivity contribution in [3.05, 3.63) is 47.3 Å². The van der Waals surface area contributed by atoms with Gasteiger partial charge in [-0.25, -0.2) is 4.39 Å². The van der Waals surface area contributed by atoms with Crippen LogP contribution < -0.4 is 18.9 Å². The molecule has 1 N–H and O–H groups in total. The lowest BCUT2D eigenvalue weighted by atomic mass is 9.90. The van der Waals surface area contributed by atoms with Gasteiger partial charge in [-0.3, -0.25) is 9.69 Å². The van der Waals surface area contributed by atoms with Gasteiger partial charge in [0.05, 0.1) is 40.4 Å². The first-order valence-electron chi connectivity index (χ1n) is 10.0. The van der Waals surface area contributed by atoms with E-state index in [1.807, 2.05) is 4.90 Å². The minimum atomic E-state index is -0.834. The average Bonchev–Trinajstić information content (AvgIpc) is 2.78. The van der Waals surface area contributed by atoms with E-state index in [2.05, 4.69) is 0 Å². The van der Waals surface area contributed by atoms with Crippen LogP contribution in [0, 0.1) is 11.7 Å². The van der Waals surface area contributed by atoms with Crippen molar-refractivity contribution >= 4 is 5.97 Å². The van der Waals surface area contributed by atoms with Crippen molar-refractivity contribution in [2.24, 2.45) is 5.92 Å². The molecule has 0 spiro atoms. The molecule has 31 heavy (non-hydrogen) atoms. The molecule has 0 bridgehead atoms. The summed E-state index contributed by atoms with van der Waals surface area (Å²) in [5.74, 6) is 0.142. The van der Waals surface area contributed by atoms with E-state index in [4.69, 9.17) is 18.9 Å². The van der Waals surface area contributed by atoms with Crippen LogP contribution in [0.1, 0.15) is 30.0 Å². The number of piperidine rings is 1. The van der Waals surface area contributed by atoms with E-state index in [1.54, 1.807) is 18.2 Å². The SMILES string of the molecule is COc1ccc(F)cc1C(c1cc(OC)c(OC)c(OC)c1)N1CCCC(C(=O)O)C1. The van der Waals surface area contributed by atoms with Crippen LogP contribution in [0.2, 0.25) is 0 Å². The van der Waals surface area contributed by atoms with Crippen molar-refractivity contribution in [3.63, 3.8) is 0 Å². The maximum atomic E-state index is 14.3. The van der Waals surface area contributed by atoms with Gasteiger partial charge in [0.1, 0.15) is 11.6 Å². The lowest BCUT2D eigenvalue weighted by Crippen LogP contribution is -2.41.